The number of nitrogens with one attached hydrogen (secondary N) is 1. The molecule has 0 fully saturated rings. The summed E-state index contributed by atoms with van der Waals surface area (Å²) in [5, 5.41) is 0. The number of nitrogens with two attached hydrogens (primary N) is 1. The van der Waals surface area contributed by atoms with E-state index in [-0.39, 0.29) is 6.04 Å². The number of ether oxygens (including phenoxy) is 1. The quantitative estimate of drug-likeness (QED) is 0.618. The number of aromatic nitrogens is 1. The number of hydrogen-bond donors (Lipinski definition) is 2. The molecular formula is C16H20BrN3O. The molecule has 2 rings (SSSR count). The molecule has 3 N–H and O–H groups in total. The van der Waals surface area contributed by atoms with Gasteiger partial charge in [-0.3, -0.25) is 10.8 Å². The molecule has 1 atom stereocenters. The molecule has 0 spiro atoms. The summed E-state index contributed by atoms with van der Waals surface area (Å²) < 4.78 is 6.69. The fraction of sp³-hybridized carbons (Fsp3) is 0.312. The number of nitrogens with zero attached hydrogens (tertiary/aromatic N) is 1. The normalized spacial score (nSPS) is 12.2. The van der Waals surface area contributed by atoms with Crippen molar-refractivity contribution in [2.45, 2.75) is 26.3 Å². The van der Waals surface area contributed by atoms with E-state index in [1.165, 1.54) is 5.56 Å². The number of pyridine rings is 1. The van der Waals surface area contributed by atoms with Gasteiger partial charge in [-0.05, 0) is 36.1 Å². The lowest BCUT2D eigenvalue weighted by atomic mass is 9.99. The van der Waals surface area contributed by atoms with E-state index in [0.29, 0.717) is 6.61 Å². The largest absolute Gasteiger partial charge is 0.492 e. The third kappa shape index (κ3) is 3.81. The number of hydrazine groups is 1. The van der Waals surface area contributed by atoms with E-state index in [9.17, 15) is 0 Å². The topological polar surface area (TPSA) is 60.2 Å². The molecule has 0 aliphatic rings. The molecule has 4 nitrogen and oxygen atoms in total. The smallest absolute Gasteiger partial charge is 0.137 e. The van der Waals surface area contributed by atoms with Crippen molar-refractivity contribution < 1.29 is 4.74 Å². The average Bonchev–Trinajstić information content (AvgIpc) is 2.50. The molecule has 0 bridgehead atoms. The van der Waals surface area contributed by atoms with E-state index >= 15 is 0 Å². The van der Waals surface area contributed by atoms with Crippen LogP contribution in [0.5, 0.6) is 5.75 Å². The van der Waals surface area contributed by atoms with Gasteiger partial charge in [0.15, 0.2) is 0 Å². The van der Waals surface area contributed by atoms with Gasteiger partial charge in [-0.15, -0.1) is 0 Å². The average molecular weight is 350 g/mol. The Bertz CT molecular complexity index is 604. The van der Waals surface area contributed by atoms with Crippen LogP contribution in [0.3, 0.4) is 0 Å². The third-order valence-corrected chi connectivity index (χ3v) is 4.32. The summed E-state index contributed by atoms with van der Waals surface area (Å²) in [6.45, 7) is 4.81. The van der Waals surface area contributed by atoms with Crippen molar-refractivity contribution in [3.63, 3.8) is 0 Å². The van der Waals surface area contributed by atoms with Crippen molar-refractivity contribution in [3.8, 4) is 5.75 Å². The fourth-order valence-electron chi connectivity index (χ4n) is 2.15. The second-order valence-electron chi connectivity index (χ2n) is 4.88. The maximum atomic E-state index is 5.77. The van der Waals surface area contributed by atoms with Crippen LogP contribution >= 0.6 is 15.9 Å². The summed E-state index contributed by atoms with van der Waals surface area (Å²) in [7, 11) is 0. The Kier molecular flexibility index (Phi) is 5.73. The van der Waals surface area contributed by atoms with Crippen LogP contribution in [-0.4, -0.2) is 11.6 Å². The summed E-state index contributed by atoms with van der Waals surface area (Å²) >= 11 is 3.63. The highest BCUT2D eigenvalue weighted by atomic mass is 79.9. The third-order valence-electron chi connectivity index (χ3n) is 3.24. The number of rotatable bonds is 6. The van der Waals surface area contributed by atoms with Gasteiger partial charge in [0.1, 0.15) is 5.75 Å². The van der Waals surface area contributed by atoms with Gasteiger partial charge in [0, 0.05) is 10.7 Å². The Labute approximate surface area is 133 Å². The van der Waals surface area contributed by atoms with Gasteiger partial charge in [0.2, 0.25) is 0 Å². The van der Waals surface area contributed by atoms with E-state index in [0.717, 1.165) is 27.8 Å². The monoisotopic (exact) mass is 349 g/mol. The van der Waals surface area contributed by atoms with Gasteiger partial charge in [0.05, 0.1) is 18.8 Å². The molecule has 0 amide bonds. The molecule has 0 saturated heterocycles. The second-order valence-corrected chi connectivity index (χ2v) is 5.67. The first kappa shape index (κ1) is 15.9. The number of halogens is 1. The molecule has 112 valence electrons. The molecule has 5 heteroatoms. The summed E-state index contributed by atoms with van der Waals surface area (Å²) in [4.78, 5) is 4.25. The lowest BCUT2D eigenvalue weighted by Crippen LogP contribution is -2.29. The second kappa shape index (κ2) is 7.54. The predicted molar refractivity (Wildman–Crippen MR) is 88.1 cm³/mol. The predicted octanol–water partition coefficient (Wildman–Crippen LogP) is 3.49. The number of aryl methyl sites for hydroxylation is 1. The Morgan fingerprint density at radius 3 is 2.90 bits per heavy atom. The molecule has 1 heterocycles. The van der Waals surface area contributed by atoms with E-state index < -0.39 is 0 Å². The Balaban J connectivity index is 2.35. The fourth-order valence-corrected chi connectivity index (χ4v) is 2.64. The summed E-state index contributed by atoms with van der Waals surface area (Å²) in [5.41, 5.74) is 6.07. The zero-order chi connectivity index (χ0) is 15.2. The maximum absolute atomic E-state index is 5.77. The highest BCUT2D eigenvalue weighted by Gasteiger charge is 2.17. The van der Waals surface area contributed by atoms with Crippen LogP contribution in [-0.2, 0) is 0 Å². The number of hydrogen-bond acceptors (Lipinski definition) is 4. The van der Waals surface area contributed by atoms with Crippen molar-refractivity contribution in [2.75, 3.05) is 6.61 Å². The van der Waals surface area contributed by atoms with Crippen molar-refractivity contribution in [2.24, 2.45) is 5.84 Å². The minimum absolute atomic E-state index is 0.142. The lowest BCUT2D eigenvalue weighted by molar-refractivity contribution is 0.315. The van der Waals surface area contributed by atoms with Crippen molar-refractivity contribution >= 4 is 15.9 Å². The van der Waals surface area contributed by atoms with E-state index in [1.54, 1.807) is 12.4 Å². The van der Waals surface area contributed by atoms with Gasteiger partial charge in [-0.2, -0.15) is 0 Å². The molecular weight excluding hydrogens is 330 g/mol. The van der Waals surface area contributed by atoms with Crippen LogP contribution in [0.4, 0.5) is 0 Å². The van der Waals surface area contributed by atoms with E-state index in [2.05, 4.69) is 46.3 Å². The van der Waals surface area contributed by atoms with E-state index in [1.807, 2.05) is 18.2 Å². The molecule has 0 radical (unpaired) electrons. The SMILES string of the molecule is CCCOc1cncc(C(NN)c2cccc(C)c2Br)c1. The highest BCUT2D eigenvalue weighted by Crippen LogP contribution is 2.31. The highest BCUT2D eigenvalue weighted by molar-refractivity contribution is 9.10. The van der Waals surface area contributed by atoms with Crippen LogP contribution in [0.25, 0.3) is 0 Å². The van der Waals surface area contributed by atoms with Crippen molar-refractivity contribution in [3.05, 3.63) is 57.8 Å². The van der Waals surface area contributed by atoms with Gasteiger partial charge in [-0.1, -0.05) is 41.1 Å². The Morgan fingerprint density at radius 1 is 1.38 bits per heavy atom. The van der Waals surface area contributed by atoms with Gasteiger partial charge in [0.25, 0.3) is 0 Å². The summed E-state index contributed by atoms with van der Waals surface area (Å²) in [6.07, 6.45) is 4.49. The molecule has 0 aliphatic carbocycles. The maximum Gasteiger partial charge on any atom is 0.137 e. The van der Waals surface area contributed by atoms with Crippen LogP contribution in [0.1, 0.15) is 36.1 Å². The Hall–Kier alpha value is -1.43. The summed E-state index contributed by atoms with van der Waals surface area (Å²) in [6, 6.07) is 7.95. The minimum Gasteiger partial charge on any atom is -0.492 e. The summed E-state index contributed by atoms with van der Waals surface area (Å²) in [5.74, 6) is 6.53. The molecule has 0 saturated carbocycles. The van der Waals surface area contributed by atoms with Crippen LogP contribution in [0.2, 0.25) is 0 Å². The lowest BCUT2D eigenvalue weighted by Gasteiger charge is -2.19. The van der Waals surface area contributed by atoms with Crippen LogP contribution in [0.15, 0.2) is 41.1 Å². The Morgan fingerprint density at radius 2 is 2.19 bits per heavy atom. The zero-order valence-electron chi connectivity index (χ0n) is 12.3. The first-order valence-corrected chi connectivity index (χ1v) is 7.75. The first-order chi connectivity index (χ1) is 10.2. The standard InChI is InChI=1S/C16H20BrN3O/c1-3-7-21-13-8-12(9-19-10-13)16(20-18)14-6-4-5-11(2)15(14)17/h4-6,8-10,16,20H,3,7,18H2,1-2H3. The molecule has 2 aromatic rings. The number of benzene rings is 1. The van der Waals surface area contributed by atoms with E-state index in [4.69, 9.17) is 10.6 Å². The zero-order valence-corrected chi connectivity index (χ0v) is 13.9. The molecule has 1 aromatic heterocycles. The van der Waals surface area contributed by atoms with Gasteiger partial charge in [-0.25, -0.2) is 5.43 Å². The first-order valence-electron chi connectivity index (χ1n) is 6.96. The van der Waals surface area contributed by atoms with Gasteiger partial charge < -0.3 is 4.74 Å². The van der Waals surface area contributed by atoms with Gasteiger partial charge >= 0.3 is 0 Å². The van der Waals surface area contributed by atoms with Crippen molar-refractivity contribution in [1.29, 1.82) is 0 Å². The molecule has 1 aromatic carbocycles. The molecule has 1 unspecified atom stereocenters. The van der Waals surface area contributed by atoms with Crippen LogP contribution < -0.4 is 16.0 Å². The minimum atomic E-state index is -0.142. The molecule has 0 aliphatic heterocycles. The van der Waals surface area contributed by atoms with Crippen molar-refractivity contribution in [1.82, 2.24) is 10.4 Å². The molecule has 21 heavy (non-hydrogen) atoms. The van der Waals surface area contributed by atoms with Crippen LogP contribution in [0, 0.1) is 6.92 Å².